The van der Waals surface area contributed by atoms with Crippen molar-refractivity contribution in [3.05, 3.63) is 36.5 Å². The van der Waals surface area contributed by atoms with Crippen molar-refractivity contribution >= 4 is 0 Å². The molecule has 0 unspecified atom stereocenters. The highest BCUT2D eigenvalue weighted by atomic mass is 14.7. The Kier molecular flexibility index (Phi) is 2.05. The van der Waals surface area contributed by atoms with Crippen LogP contribution in [0.25, 0.3) is 0 Å². The number of hydrogen-bond donors (Lipinski definition) is 0. The Morgan fingerprint density at radius 3 is 2.50 bits per heavy atom. The molecule has 1 heteroatoms. The monoisotopic (exact) mass is 134 g/mol. The van der Waals surface area contributed by atoms with Crippen LogP contribution in [-0.4, -0.2) is 4.98 Å². The highest BCUT2D eigenvalue weighted by Crippen LogP contribution is 2.10. The molecule has 1 radical (unpaired) electrons. The largest absolute Gasteiger partial charge is 0.258 e. The van der Waals surface area contributed by atoms with Crippen LogP contribution in [0.15, 0.2) is 18.2 Å². The van der Waals surface area contributed by atoms with E-state index < -0.39 is 0 Å². The lowest BCUT2D eigenvalue weighted by atomic mass is 10.1. The molecule has 0 N–H and O–H groups in total. The van der Waals surface area contributed by atoms with Gasteiger partial charge in [-0.15, -0.1) is 0 Å². The minimum absolute atomic E-state index is 0.502. The van der Waals surface area contributed by atoms with Gasteiger partial charge in [-0.2, -0.15) is 0 Å². The van der Waals surface area contributed by atoms with E-state index in [1.807, 2.05) is 18.2 Å². The third kappa shape index (κ3) is 1.56. The molecule has 1 rings (SSSR count). The zero-order chi connectivity index (χ0) is 7.56. The van der Waals surface area contributed by atoms with E-state index in [0.717, 1.165) is 11.4 Å². The molecule has 1 heterocycles. The summed E-state index contributed by atoms with van der Waals surface area (Å²) in [5, 5.41) is 0. The molecule has 0 amide bonds. The fourth-order valence-corrected chi connectivity index (χ4v) is 0.820. The smallest absolute Gasteiger partial charge is 0.0432 e. The molecule has 0 aromatic carbocycles. The van der Waals surface area contributed by atoms with E-state index in [2.05, 4.69) is 25.8 Å². The molecule has 10 heavy (non-hydrogen) atoms. The van der Waals surface area contributed by atoms with Crippen LogP contribution >= 0.6 is 0 Å². The van der Waals surface area contributed by atoms with E-state index in [1.165, 1.54) is 0 Å². The van der Waals surface area contributed by atoms with Crippen molar-refractivity contribution in [2.45, 2.75) is 19.8 Å². The Labute approximate surface area is 62.1 Å². The lowest BCUT2D eigenvalue weighted by Crippen LogP contribution is -1.92. The van der Waals surface area contributed by atoms with Crippen LogP contribution in [0.4, 0.5) is 0 Å². The number of aromatic nitrogens is 1. The van der Waals surface area contributed by atoms with E-state index in [-0.39, 0.29) is 0 Å². The first-order chi connectivity index (χ1) is 4.70. The van der Waals surface area contributed by atoms with E-state index in [9.17, 15) is 0 Å². The number of pyridine rings is 1. The highest BCUT2D eigenvalue weighted by Gasteiger charge is 1.98. The van der Waals surface area contributed by atoms with Crippen LogP contribution in [0.2, 0.25) is 0 Å². The third-order valence-corrected chi connectivity index (χ3v) is 1.42. The molecular weight excluding hydrogens is 122 g/mol. The van der Waals surface area contributed by atoms with Crippen molar-refractivity contribution in [2.75, 3.05) is 0 Å². The van der Waals surface area contributed by atoms with Gasteiger partial charge in [0.2, 0.25) is 0 Å². The fourth-order valence-electron chi connectivity index (χ4n) is 0.820. The topological polar surface area (TPSA) is 12.9 Å². The second-order valence-corrected chi connectivity index (χ2v) is 2.71. The van der Waals surface area contributed by atoms with Gasteiger partial charge in [-0.3, -0.25) is 4.98 Å². The van der Waals surface area contributed by atoms with Crippen LogP contribution in [0, 0.1) is 6.92 Å². The second-order valence-electron chi connectivity index (χ2n) is 2.71. The highest BCUT2D eigenvalue weighted by molar-refractivity contribution is 5.15. The first-order valence-corrected chi connectivity index (χ1v) is 3.49. The van der Waals surface area contributed by atoms with Gasteiger partial charge >= 0.3 is 0 Å². The van der Waals surface area contributed by atoms with Crippen LogP contribution in [-0.2, 0) is 0 Å². The summed E-state index contributed by atoms with van der Waals surface area (Å²) in [6.07, 6.45) is 0. The fraction of sp³-hybridized carbons (Fsp3) is 0.333. The Hall–Kier alpha value is -0.850. The van der Waals surface area contributed by atoms with Gasteiger partial charge in [0.1, 0.15) is 0 Å². The van der Waals surface area contributed by atoms with Crippen molar-refractivity contribution in [1.29, 1.82) is 0 Å². The van der Waals surface area contributed by atoms with Gasteiger partial charge in [0, 0.05) is 11.4 Å². The predicted molar refractivity (Wildman–Crippen MR) is 42.8 cm³/mol. The van der Waals surface area contributed by atoms with Gasteiger partial charge in [-0.1, -0.05) is 19.9 Å². The lowest BCUT2D eigenvalue weighted by Gasteiger charge is -2.03. The molecule has 0 saturated carbocycles. The molecule has 0 aliphatic carbocycles. The van der Waals surface area contributed by atoms with Crippen molar-refractivity contribution in [3.63, 3.8) is 0 Å². The van der Waals surface area contributed by atoms with Crippen LogP contribution < -0.4 is 0 Å². The second kappa shape index (κ2) is 2.82. The summed E-state index contributed by atoms with van der Waals surface area (Å²) in [5.41, 5.74) is 1.97. The lowest BCUT2D eigenvalue weighted by molar-refractivity contribution is 0.819. The number of nitrogens with zero attached hydrogens (tertiary/aromatic N) is 1. The summed E-state index contributed by atoms with van der Waals surface area (Å²) in [5.74, 6) is 0.502. The molecule has 0 bridgehead atoms. The first-order valence-electron chi connectivity index (χ1n) is 3.49. The minimum atomic E-state index is 0.502. The molecule has 0 fully saturated rings. The molecular formula is C9H12N. The van der Waals surface area contributed by atoms with E-state index in [4.69, 9.17) is 0 Å². The Morgan fingerprint density at radius 1 is 1.40 bits per heavy atom. The van der Waals surface area contributed by atoms with Crippen LogP contribution in [0.1, 0.15) is 31.2 Å². The standard InChI is InChI=1S/C9H12N/c1-7(2)9-6-4-5-8(3)10-9/h4-7H,3H2,1-2H3. The first kappa shape index (κ1) is 7.26. The summed E-state index contributed by atoms with van der Waals surface area (Å²) in [7, 11) is 0. The summed E-state index contributed by atoms with van der Waals surface area (Å²) in [6.45, 7) is 8.01. The zero-order valence-electron chi connectivity index (χ0n) is 6.46. The van der Waals surface area contributed by atoms with Gasteiger partial charge in [0.05, 0.1) is 0 Å². The molecule has 0 aliphatic rings. The summed E-state index contributed by atoms with van der Waals surface area (Å²) in [4.78, 5) is 4.26. The van der Waals surface area contributed by atoms with Crippen molar-refractivity contribution in [1.82, 2.24) is 4.98 Å². The number of hydrogen-bond acceptors (Lipinski definition) is 1. The molecule has 0 spiro atoms. The number of rotatable bonds is 1. The average molecular weight is 134 g/mol. The molecule has 0 saturated heterocycles. The molecule has 0 atom stereocenters. The average Bonchev–Trinajstić information content (AvgIpc) is 1.88. The molecule has 1 aromatic heterocycles. The van der Waals surface area contributed by atoms with Gasteiger partial charge in [0.25, 0.3) is 0 Å². The van der Waals surface area contributed by atoms with Gasteiger partial charge in [-0.25, -0.2) is 0 Å². The SMILES string of the molecule is [CH2]c1cccc(C(C)C)n1. The predicted octanol–water partition coefficient (Wildman–Crippen LogP) is 2.39. The summed E-state index contributed by atoms with van der Waals surface area (Å²) >= 11 is 0. The molecule has 53 valence electrons. The zero-order valence-corrected chi connectivity index (χ0v) is 6.46. The molecule has 1 nitrogen and oxygen atoms in total. The molecule has 0 aliphatic heterocycles. The van der Waals surface area contributed by atoms with Crippen LogP contribution in [0.5, 0.6) is 0 Å². The van der Waals surface area contributed by atoms with E-state index in [0.29, 0.717) is 5.92 Å². The normalized spacial score (nSPS) is 10.4. The quantitative estimate of drug-likeness (QED) is 0.574. The minimum Gasteiger partial charge on any atom is -0.258 e. The maximum Gasteiger partial charge on any atom is 0.0432 e. The Bertz CT molecular complexity index is 216. The van der Waals surface area contributed by atoms with Crippen LogP contribution in [0.3, 0.4) is 0 Å². The maximum absolute atomic E-state index is 4.26. The van der Waals surface area contributed by atoms with Gasteiger partial charge in [-0.05, 0) is 25.0 Å². The Morgan fingerprint density at radius 2 is 2.10 bits per heavy atom. The van der Waals surface area contributed by atoms with Crippen molar-refractivity contribution in [2.24, 2.45) is 0 Å². The van der Waals surface area contributed by atoms with Crippen molar-refractivity contribution < 1.29 is 0 Å². The van der Waals surface area contributed by atoms with Gasteiger partial charge in [0.15, 0.2) is 0 Å². The van der Waals surface area contributed by atoms with Crippen molar-refractivity contribution in [3.8, 4) is 0 Å². The Balaban J connectivity index is 2.96. The molecule has 1 aromatic rings. The summed E-state index contributed by atoms with van der Waals surface area (Å²) < 4.78 is 0. The van der Waals surface area contributed by atoms with E-state index in [1.54, 1.807) is 0 Å². The maximum atomic E-state index is 4.26. The third-order valence-electron chi connectivity index (χ3n) is 1.42. The summed E-state index contributed by atoms with van der Waals surface area (Å²) in [6, 6.07) is 5.93. The van der Waals surface area contributed by atoms with Gasteiger partial charge < -0.3 is 0 Å². The van der Waals surface area contributed by atoms with E-state index >= 15 is 0 Å².